The smallest absolute Gasteiger partial charge is 0.256 e. The van der Waals surface area contributed by atoms with Gasteiger partial charge in [0, 0.05) is 12.6 Å². The van der Waals surface area contributed by atoms with Crippen molar-refractivity contribution in [3.63, 3.8) is 0 Å². The first-order chi connectivity index (χ1) is 7.27. The fourth-order valence-electron chi connectivity index (χ4n) is 1.67. The molecule has 1 aromatic rings. The van der Waals surface area contributed by atoms with Crippen molar-refractivity contribution in [2.75, 3.05) is 13.1 Å². The van der Waals surface area contributed by atoms with Gasteiger partial charge in [0.2, 0.25) is 0 Å². The highest BCUT2D eigenvalue weighted by atomic mass is 35.5. The van der Waals surface area contributed by atoms with Crippen LogP contribution in [0.25, 0.3) is 0 Å². The molecule has 1 aliphatic heterocycles. The van der Waals surface area contributed by atoms with Gasteiger partial charge in [0.25, 0.3) is 5.91 Å². The maximum atomic E-state index is 11.6. The van der Waals surface area contributed by atoms with Crippen LogP contribution in [0.1, 0.15) is 23.2 Å². The van der Waals surface area contributed by atoms with Crippen LogP contribution in [-0.4, -0.2) is 35.2 Å². The van der Waals surface area contributed by atoms with Gasteiger partial charge < -0.3 is 10.6 Å². The van der Waals surface area contributed by atoms with E-state index in [0.29, 0.717) is 18.2 Å². The molecular formula is C9H13ClN4O. The number of H-pyrrole nitrogens is 1. The van der Waals surface area contributed by atoms with E-state index in [-0.39, 0.29) is 11.1 Å². The molecule has 3 N–H and O–H groups in total. The van der Waals surface area contributed by atoms with Crippen molar-refractivity contribution in [1.82, 2.24) is 20.8 Å². The standard InChI is InChI=1S/C9H13ClN4O/c10-8-7(5-13-14-8)9(15)12-4-6-2-1-3-11-6/h5-6,11H,1-4H2,(H,12,15)(H,13,14). The fraction of sp³-hybridized carbons (Fsp3) is 0.556. The maximum absolute atomic E-state index is 11.6. The minimum absolute atomic E-state index is 0.178. The van der Waals surface area contributed by atoms with Crippen LogP contribution >= 0.6 is 11.6 Å². The quantitative estimate of drug-likeness (QED) is 0.708. The molecule has 82 valence electrons. The van der Waals surface area contributed by atoms with E-state index in [1.807, 2.05) is 0 Å². The molecule has 0 aromatic carbocycles. The Kier molecular flexibility index (Phi) is 3.23. The Morgan fingerprint density at radius 1 is 1.73 bits per heavy atom. The summed E-state index contributed by atoms with van der Waals surface area (Å²) in [7, 11) is 0. The van der Waals surface area contributed by atoms with Crippen LogP contribution in [0.2, 0.25) is 5.15 Å². The van der Waals surface area contributed by atoms with Gasteiger partial charge in [-0.25, -0.2) is 0 Å². The molecule has 1 aliphatic rings. The molecule has 1 fully saturated rings. The third kappa shape index (κ3) is 2.49. The van der Waals surface area contributed by atoms with Gasteiger partial charge in [-0.3, -0.25) is 9.89 Å². The fourth-order valence-corrected chi connectivity index (χ4v) is 1.85. The van der Waals surface area contributed by atoms with E-state index in [1.165, 1.54) is 12.6 Å². The van der Waals surface area contributed by atoms with Crippen LogP contribution in [-0.2, 0) is 0 Å². The monoisotopic (exact) mass is 228 g/mol. The Morgan fingerprint density at radius 3 is 3.20 bits per heavy atom. The SMILES string of the molecule is O=C(NCC1CCCN1)c1cn[nH]c1Cl. The zero-order chi connectivity index (χ0) is 10.7. The number of nitrogens with zero attached hydrogens (tertiary/aromatic N) is 1. The minimum Gasteiger partial charge on any atom is -0.350 e. The Hall–Kier alpha value is -1.07. The van der Waals surface area contributed by atoms with Crippen LogP contribution < -0.4 is 10.6 Å². The molecule has 15 heavy (non-hydrogen) atoms. The van der Waals surface area contributed by atoms with Crippen LogP contribution in [0.15, 0.2) is 6.20 Å². The van der Waals surface area contributed by atoms with Crippen molar-refractivity contribution in [3.8, 4) is 0 Å². The van der Waals surface area contributed by atoms with E-state index in [0.717, 1.165) is 13.0 Å². The van der Waals surface area contributed by atoms with E-state index in [2.05, 4.69) is 20.8 Å². The number of aromatic nitrogens is 2. The molecule has 0 radical (unpaired) electrons. The van der Waals surface area contributed by atoms with Crippen molar-refractivity contribution < 1.29 is 4.79 Å². The van der Waals surface area contributed by atoms with E-state index in [9.17, 15) is 4.79 Å². The first-order valence-electron chi connectivity index (χ1n) is 4.98. The van der Waals surface area contributed by atoms with Crippen LogP contribution in [0.4, 0.5) is 0 Å². The van der Waals surface area contributed by atoms with E-state index in [1.54, 1.807) is 0 Å². The second kappa shape index (κ2) is 4.63. The Balaban J connectivity index is 1.84. The van der Waals surface area contributed by atoms with Crippen LogP contribution in [0.5, 0.6) is 0 Å². The number of nitrogens with one attached hydrogen (secondary N) is 3. The third-order valence-electron chi connectivity index (χ3n) is 2.51. The first-order valence-corrected chi connectivity index (χ1v) is 5.35. The molecule has 2 heterocycles. The van der Waals surface area contributed by atoms with Gasteiger partial charge in [0.05, 0.1) is 11.8 Å². The van der Waals surface area contributed by atoms with Gasteiger partial charge in [0.15, 0.2) is 0 Å². The average Bonchev–Trinajstić information content (AvgIpc) is 2.84. The molecule has 1 atom stereocenters. The van der Waals surface area contributed by atoms with Crippen molar-refractivity contribution in [3.05, 3.63) is 16.9 Å². The number of halogens is 1. The molecule has 1 amide bonds. The van der Waals surface area contributed by atoms with Crippen molar-refractivity contribution >= 4 is 17.5 Å². The molecule has 0 spiro atoms. The van der Waals surface area contributed by atoms with Gasteiger partial charge in [0.1, 0.15) is 5.15 Å². The lowest BCUT2D eigenvalue weighted by atomic mass is 10.2. The predicted octanol–water partition coefficient (Wildman–Crippen LogP) is 0.545. The molecule has 6 heteroatoms. The third-order valence-corrected chi connectivity index (χ3v) is 2.80. The summed E-state index contributed by atoms with van der Waals surface area (Å²) in [5.41, 5.74) is 0.398. The molecular weight excluding hydrogens is 216 g/mol. The Labute approximate surface area is 92.6 Å². The average molecular weight is 229 g/mol. The lowest BCUT2D eigenvalue weighted by Gasteiger charge is -2.10. The zero-order valence-electron chi connectivity index (χ0n) is 8.22. The summed E-state index contributed by atoms with van der Waals surface area (Å²) in [6, 6.07) is 0.389. The summed E-state index contributed by atoms with van der Waals surface area (Å²) in [5.74, 6) is -0.178. The zero-order valence-corrected chi connectivity index (χ0v) is 8.97. The minimum atomic E-state index is -0.178. The number of carbonyl (C=O) groups excluding carboxylic acids is 1. The highest BCUT2D eigenvalue weighted by Crippen LogP contribution is 2.10. The molecule has 2 rings (SSSR count). The lowest BCUT2D eigenvalue weighted by molar-refractivity contribution is 0.0950. The number of amides is 1. The van der Waals surface area contributed by atoms with Crippen LogP contribution in [0.3, 0.4) is 0 Å². The van der Waals surface area contributed by atoms with Crippen molar-refractivity contribution in [2.24, 2.45) is 0 Å². The summed E-state index contributed by atoms with van der Waals surface area (Å²) >= 11 is 5.74. The van der Waals surface area contributed by atoms with Gasteiger partial charge >= 0.3 is 0 Å². The van der Waals surface area contributed by atoms with Gasteiger partial charge in [-0.15, -0.1) is 0 Å². The van der Waals surface area contributed by atoms with E-state index >= 15 is 0 Å². The topological polar surface area (TPSA) is 69.8 Å². The normalized spacial score (nSPS) is 20.5. The molecule has 5 nitrogen and oxygen atoms in total. The molecule has 0 aliphatic carbocycles. The largest absolute Gasteiger partial charge is 0.350 e. The lowest BCUT2D eigenvalue weighted by Crippen LogP contribution is -2.37. The number of rotatable bonds is 3. The highest BCUT2D eigenvalue weighted by molar-refractivity contribution is 6.32. The molecule has 0 saturated carbocycles. The number of hydrogen-bond acceptors (Lipinski definition) is 3. The molecule has 1 saturated heterocycles. The molecule has 1 unspecified atom stereocenters. The predicted molar refractivity (Wildman–Crippen MR) is 57.0 cm³/mol. The number of aromatic amines is 1. The summed E-state index contributed by atoms with van der Waals surface area (Å²) in [4.78, 5) is 11.6. The maximum Gasteiger partial charge on any atom is 0.256 e. The Bertz CT molecular complexity index is 346. The summed E-state index contributed by atoms with van der Waals surface area (Å²) < 4.78 is 0. The number of hydrogen-bond donors (Lipinski definition) is 3. The highest BCUT2D eigenvalue weighted by Gasteiger charge is 2.17. The van der Waals surface area contributed by atoms with E-state index in [4.69, 9.17) is 11.6 Å². The summed E-state index contributed by atoms with van der Waals surface area (Å²) in [6.45, 7) is 1.67. The molecule has 1 aromatic heterocycles. The van der Waals surface area contributed by atoms with Gasteiger partial charge in [-0.1, -0.05) is 11.6 Å². The van der Waals surface area contributed by atoms with E-state index < -0.39 is 0 Å². The Morgan fingerprint density at radius 2 is 2.60 bits per heavy atom. The molecule has 0 bridgehead atoms. The second-order valence-corrected chi connectivity index (χ2v) is 3.98. The van der Waals surface area contributed by atoms with Crippen molar-refractivity contribution in [2.45, 2.75) is 18.9 Å². The van der Waals surface area contributed by atoms with Crippen molar-refractivity contribution in [1.29, 1.82) is 0 Å². The summed E-state index contributed by atoms with van der Waals surface area (Å²) in [6.07, 6.45) is 3.71. The summed E-state index contributed by atoms with van der Waals surface area (Å²) in [5, 5.41) is 12.6. The first kappa shape index (κ1) is 10.4. The van der Waals surface area contributed by atoms with Gasteiger partial charge in [-0.05, 0) is 19.4 Å². The van der Waals surface area contributed by atoms with Crippen LogP contribution in [0, 0.1) is 0 Å². The van der Waals surface area contributed by atoms with Gasteiger partial charge in [-0.2, -0.15) is 5.10 Å². The number of carbonyl (C=O) groups is 1. The second-order valence-electron chi connectivity index (χ2n) is 3.60.